The number of phenolic OH excluding ortho intramolecular Hbond substituents is 1. The van der Waals surface area contributed by atoms with Crippen molar-refractivity contribution >= 4 is 35.3 Å². The first-order valence-electron chi connectivity index (χ1n) is 10.4. The number of carbonyl (C=O) groups excluding carboxylic acids is 2. The van der Waals surface area contributed by atoms with Crippen molar-refractivity contribution in [1.29, 1.82) is 0 Å². The van der Waals surface area contributed by atoms with Gasteiger partial charge in [0, 0.05) is 5.69 Å². The molecule has 32 heavy (non-hydrogen) atoms. The predicted octanol–water partition coefficient (Wildman–Crippen LogP) is 4.05. The normalized spacial score (nSPS) is 14.7. The van der Waals surface area contributed by atoms with Crippen molar-refractivity contribution in [2.24, 2.45) is 5.73 Å². The lowest BCUT2D eigenvalue weighted by Gasteiger charge is -2.08. The maximum absolute atomic E-state index is 13.0. The van der Waals surface area contributed by atoms with Gasteiger partial charge in [0.05, 0.1) is 23.1 Å². The molecule has 0 atom stereocenters. The van der Waals surface area contributed by atoms with Crippen LogP contribution in [0.4, 0.5) is 5.69 Å². The molecule has 2 aromatic carbocycles. The summed E-state index contributed by atoms with van der Waals surface area (Å²) in [6.45, 7) is 2.91. The Kier molecular flexibility index (Phi) is 8.35. The number of phenols is 1. The van der Waals surface area contributed by atoms with Gasteiger partial charge >= 0.3 is 5.97 Å². The highest BCUT2D eigenvalue weighted by Crippen LogP contribution is 2.41. The first kappa shape index (κ1) is 23.4. The first-order valence-corrected chi connectivity index (χ1v) is 11.2. The summed E-state index contributed by atoms with van der Waals surface area (Å²) in [7, 11) is 0. The van der Waals surface area contributed by atoms with Crippen LogP contribution in [0.15, 0.2) is 64.0 Å². The van der Waals surface area contributed by atoms with Gasteiger partial charge in [-0.25, -0.2) is 4.79 Å². The van der Waals surface area contributed by atoms with E-state index in [0.29, 0.717) is 34.4 Å². The highest BCUT2D eigenvalue weighted by Gasteiger charge is 2.35. The van der Waals surface area contributed by atoms with Crippen LogP contribution in [0, 0.1) is 0 Å². The van der Waals surface area contributed by atoms with Gasteiger partial charge in [-0.15, -0.1) is 0 Å². The van der Waals surface area contributed by atoms with E-state index in [1.807, 2.05) is 30.3 Å². The topological polar surface area (TPSA) is 111 Å². The Morgan fingerprint density at radius 1 is 1.19 bits per heavy atom. The number of ether oxygens (including phenoxy) is 2. The molecule has 7 nitrogen and oxygen atoms in total. The van der Waals surface area contributed by atoms with Crippen LogP contribution in [0.3, 0.4) is 0 Å². The number of nitrogens with one attached hydrogen (secondary N) is 1. The lowest BCUT2D eigenvalue weighted by atomic mass is 10.1. The van der Waals surface area contributed by atoms with Crippen molar-refractivity contribution in [2.45, 2.75) is 19.8 Å². The molecule has 0 unspecified atom stereocenters. The zero-order chi connectivity index (χ0) is 22.9. The van der Waals surface area contributed by atoms with Crippen LogP contribution in [0.1, 0.15) is 25.3 Å². The van der Waals surface area contributed by atoms with Crippen LogP contribution in [0.25, 0.3) is 6.08 Å². The predicted molar refractivity (Wildman–Crippen MR) is 126 cm³/mol. The minimum atomic E-state index is -0.670. The SMILES string of the molecule is CCOC(=O)C1=C(Nc2ccccc2)S/C(=C\c2ccc(OCCCCN)c(O)c2)C1=O. The number of aromatic hydroxyl groups is 1. The molecule has 0 amide bonds. The third-order valence-corrected chi connectivity index (χ3v) is 5.57. The molecule has 1 aliphatic rings. The van der Waals surface area contributed by atoms with E-state index in [1.165, 1.54) is 6.07 Å². The molecule has 0 fully saturated rings. The molecule has 0 radical (unpaired) electrons. The highest BCUT2D eigenvalue weighted by molar-refractivity contribution is 8.08. The minimum Gasteiger partial charge on any atom is -0.504 e. The molecule has 1 aliphatic heterocycles. The number of carbonyl (C=O) groups is 2. The lowest BCUT2D eigenvalue weighted by molar-refractivity contribution is -0.139. The number of hydrogen-bond acceptors (Lipinski definition) is 8. The molecule has 2 aromatic rings. The Hall–Kier alpha value is -3.23. The van der Waals surface area contributed by atoms with Crippen molar-refractivity contribution in [3.8, 4) is 11.5 Å². The maximum Gasteiger partial charge on any atom is 0.344 e. The van der Waals surface area contributed by atoms with Gasteiger partial charge in [0.2, 0.25) is 5.78 Å². The van der Waals surface area contributed by atoms with Gasteiger partial charge in [-0.05, 0) is 62.2 Å². The molecule has 0 aliphatic carbocycles. The number of ketones is 1. The first-order chi connectivity index (χ1) is 15.5. The van der Waals surface area contributed by atoms with Crippen LogP contribution >= 0.6 is 11.8 Å². The molecule has 0 spiro atoms. The monoisotopic (exact) mass is 454 g/mol. The Balaban J connectivity index is 1.80. The Morgan fingerprint density at radius 2 is 1.97 bits per heavy atom. The average Bonchev–Trinajstić information content (AvgIpc) is 3.08. The lowest BCUT2D eigenvalue weighted by Crippen LogP contribution is -2.16. The smallest absolute Gasteiger partial charge is 0.344 e. The summed E-state index contributed by atoms with van der Waals surface area (Å²) in [4.78, 5) is 25.8. The minimum absolute atomic E-state index is 0.0243. The quantitative estimate of drug-likeness (QED) is 0.213. The fourth-order valence-corrected chi connectivity index (χ4v) is 4.04. The number of Topliss-reactive ketones (excluding diaryl/α,β-unsaturated/α-hetero) is 1. The highest BCUT2D eigenvalue weighted by atomic mass is 32.2. The zero-order valence-corrected chi connectivity index (χ0v) is 18.6. The maximum atomic E-state index is 13.0. The molecule has 0 saturated heterocycles. The van der Waals surface area contributed by atoms with E-state index in [0.717, 1.165) is 30.3 Å². The van der Waals surface area contributed by atoms with Crippen molar-refractivity contribution in [1.82, 2.24) is 0 Å². The van der Waals surface area contributed by atoms with Crippen LogP contribution in [0.2, 0.25) is 0 Å². The summed E-state index contributed by atoms with van der Waals surface area (Å²) < 4.78 is 10.7. The van der Waals surface area contributed by atoms with Gasteiger partial charge in [0.1, 0.15) is 5.57 Å². The van der Waals surface area contributed by atoms with E-state index in [9.17, 15) is 14.7 Å². The number of rotatable bonds is 10. The molecule has 8 heteroatoms. The van der Waals surface area contributed by atoms with Crippen LogP contribution < -0.4 is 15.8 Å². The van der Waals surface area contributed by atoms with E-state index < -0.39 is 11.8 Å². The fraction of sp³-hybridized carbons (Fsp3) is 0.250. The van der Waals surface area contributed by atoms with Crippen molar-refractivity contribution < 1.29 is 24.2 Å². The molecule has 0 aromatic heterocycles. The number of benzene rings is 2. The third-order valence-electron chi connectivity index (χ3n) is 4.54. The van der Waals surface area contributed by atoms with Gasteiger partial charge in [-0.3, -0.25) is 4.79 Å². The average molecular weight is 455 g/mol. The van der Waals surface area contributed by atoms with E-state index in [4.69, 9.17) is 15.2 Å². The standard InChI is InChI=1S/C24H26N2O5S/c1-2-30-24(29)21-22(28)20(32-23(21)26-17-8-4-3-5-9-17)15-16-10-11-19(18(27)14-16)31-13-7-6-12-25/h3-5,8-11,14-15,26-27H,2,6-7,12-13,25H2,1H3/b20-15-. The van der Waals surface area contributed by atoms with Gasteiger partial charge in [0.15, 0.2) is 11.5 Å². The van der Waals surface area contributed by atoms with Crippen LogP contribution in [0.5, 0.6) is 11.5 Å². The number of anilines is 1. The fourth-order valence-electron chi connectivity index (χ4n) is 2.98. The number of esters is 1. The van der Waals surface area contributed by atoms with Crippen molar-refractivity contribution in [2.75, 3.05) is 25.1 Å². The summed E-state index contributed by atoms with van der Waals surface area (Å²) in [5, 5.41) is 13.8. The molecular formula is C24H26N2O5S. The second kappa shape index (κ2) is 11.4. The molecular weight excluding hydrogens is 428 g/mol. The number of nitrogens with two attached hydrogens (primary N) is 1. The van der Waals surface area contributed by atoms with E-state index in [-0.39, 0.29) is 17.9 Å². The second-order valence-electron chi connectivity index (χ2n) is 6.93. The van der Waals surface area contributed by atoms with Gasteiger partial charge in [-0.1, -0.05) is 36.0 Å². The molecule has 3 rings (SSSR count). The summed E-state index contributed by atoms with van der Waals surface area (Å²) in [6, 6.07) is 14.2. The van der Waals surface area contributed by atoms with E-state index in [1.54, 1.807) is 25.1 Å². The number of allylic oxidation sites excluding steroid dienone is 1. The Labute approximate surface area is 191 Å². The van der Waals surface area contributed by atoms with Gasteiger partial charge < -0.3 is 25.6 Å². The zero-order valence-electron chi connectivity index (χ0n) is 17.8. The van der Waals surface area contributed by atoms with E-state index >= 15 is 0 Å². The summed E-state index contributed by atoms with van der Waals surface area (Å²) >= 11 is 1.15. The summed E-state index contributed by atoms with van der Waals surface area (Å²) in [5.41, 5.74) is 6.79. The van der Waals surface area contributed by atoms with Crippen molar-refractivity contribution in [3.63, 3.8) is 0 Å². The third kappa shape index (κ3) is 5.93. The van der Waals surface area contributed by atoms with Gasteiger partial charge in [0.25, 0.3) is 0 Å². The molecule has 0 saturated carbocycles. The summed E-state index contributed by atoms with van der Waals surface area (Å²) in [5.74, 6) is -0.750. The summed E-state index contributed by atoms with van der Waals surface area (Å²) in [6.07, 6.45) is 3.27. The number of unbranched alkanes of at least 4 members (excludes halogenated alkanes) is 1. The van der Waals surface area contributed by atoms with Crippen molar-refractivity contribution in [3.05, 3.63) is 69.6 Å². The van der Waals surface area contributed by atoms with Crippen LogP contribution in [-0.2, 0) is 14.3 Å². The second-order valence-corrected chi connectivity index (χ2v) is 7.98. The Bertz CT molecular complexity index is 1030. The molecule has 168 valence electrons. The molecule has 4 N–H and O–H groups in total. The van der Waals surface area contributed by atoms with E-state index in [2.05, 4.69) is 5.32 Å². The number of thioether (sulfide) groups is 1. The van der Waals surface area contributed by atoms with Crippen LogP contribution in [-0.4, -0.2) is 36.6 Å². The number of para-hydroxylation sites is 1. The largest absolute Gasteiger partial charge is 0.504 e. The van der Waals surface area contributed by atoms with Gasteiger partial charge in [-0.2, -0.15) is 0 Å². The molecule has 0 bridgehead atoms. The number of hydrogen-bond donors (Lipinski definition) is 3. The molecule has 1 heterocycles. The Morgan fingerprint density at radius 3 is 2.66 bits per heavy atom.